The summed E-state index contributed by atoms with van der Waals surface area (Å²) in [6, 6.07) is 9.56. The fourth-order valence-corrected chi connectivity index (χ4v) is 2.36. The maximum absolute atomic E-state index is 12.3. The molecule has 1 N–H and O–H groups in total. The topological polar surface area (TPSA) is 56.1 Å². The molecule has 0 radical (unpaired) electrons. The van der Waals surface area contributed by atoms with Gasteiger partial charge in [-0.1, -0.05) is 39.8 Å². The average Bonchev–Trinajstić information content (AvgIpc) is 2.43. The molecule has 0 aliphatic heterocycles. The van der Waals surface area contributed by atoms with Crippen molar-refractivity contribution in [1.82, 2.24) is 4.90 Å². The van der Waals surface area contributed by atoms with Crippen molar-refractivity contribution in [3.05, 3.63) is 41.6 Å². The number of benzene rings is 1. The Hall–Kier alpha value is -2.28. The van der Waals surface area contributed by atoms with E-state index in [4.69, 9.17) is 0 Å². The molecule has 0 aliphatic rings. The molecular formula is C19H27N3O. The van der Waals surface area contributed by atoms with Gasteiger partial charge in [0.25, 0.3) is 5.91 Å². The molecule has 0 atom stereocenters. The van der Waals surface area contributed by atoms with E-state index in [0.717, 1.165) is 18.7 Å². The van der Waals surface area contributed by atoms with Crippen LogP contribution in [-0.2, 0) is 4.79 Å². The fraction of sp³-hybridized carbons (Fsp3) is 0.474. The van der Waals surface area contributed by atoms with Gasteiger partial charge < -0.3 is 10.2 Å². The Balaban J connectivity index is 2.90. The van der Waals surface area contributed by atoms with Crippen molar-refractivity contribution in [3.8, 4) is 6.07 Å². The van der Waals surface area contributed by atoms with E-state index in [9.17, 15) is 10.1 Å². The van der Waals surface area contributed by atoms with Crippen molar-refractivity contribution in [2.75, 3.05) is 18.4 Å². The Morgan fingerprint density at radius 2 is 1.87 bits per heavy atom. The predicted octanol–water partition coefficient (Wildman–Crippen LogP) is 3.96. The van der Waals surface area contributed by atoms with E-state index in [1.165, 1.54) is 0 Å². The molecule has 0 bridgehead atoms. The van der Waals surface area contributed by atoms with Gasteiger partial charge in [0.15, 0.2) is 0 Å². The van der Waals surface area contributed by atoms with Crippen LogP contribution in [0.1, 0.15) is 33.3 Å². The second-order valence-electron chi connectivity index (χ2n) is 6.72. The number of amides is 1. The van der Waals surface area contributed by atoms with E-state index in [1.807, 2.05) is 37.3 Å². The molecule has 0 spiro atoms. The summed E-state index contributed by atoms with van der Waals surface area (Å²) in [5.74, 6) is 0.560. The highest BCUT2D eigenvalue weighted by Crippen LogP contribution is 2.12. The van der Waals surface area contributed by atoms with Gasteiger partial charge in [0.05, 0.1) is 0 Å². The SMILES string of the molecule is Cc1cccc(NC(=O)/C(C#N)=C\N(CC(C)C)CC(C)C)c1. The summed E-state index contributed by atoms with van der Waals surface area (Å²) in [5, 5.41) is 12.1. The van der Waals surface area contributed by atoms with E-state index >= 15 is 0 Å². The molecule has 0 saturated carbocycles. The molecular weight excluding hydrogens is 286 g/mol. The first-order valence-electron chi connectivity index (χ1n) is 8.05. The normalized spacial score (nSPS) is 11.5. The summed E-state index contributed by atoms with van der Waals surface area (Å²) in [6.07, 6.45) is 1.69. The first-order valence-corrected chi connectivity index (χ1v) is 8.05. The van der Waals surface area contributed by atoms with Crippen molar-refractivity contribution in [2.45, 2.75) is 34.6 Å². The maximum Gasteiger partial charge on any atom is 0.267 e. The average molecular weight is 313 g/mol. The Morgan fingerprint density at radius 1 is 1.26 bits per heavy atom. The summed E-state index contributed by atoms with van der Waals surface area (Å²) in [6.45, 7) is 12.1. The van der Waals surface area contributed by atoms with Gasteiger partial charge >= 0.3 is 0 Å². The number of carbonyl (C=O) groups excluding carboxylic acids is 1. The second kappa shape index (κ2) is 8.99. The van der Waals surface area contributed by atoms with Crippen LogP contribution in [-0.4, -0.2) is 23.9 Å². The van der Waals surface area contributed by atoms with Crippen LogP contribution in [0.3, 0.4) is 0 Å². The molecule has 0 unspecified atom stereocenters. The third kappa shape index (κ3) is 7.01. The van der Waals surface area contributed by atoms with E-state index < -0.39 is 0 Å². The van der Waals surface area contributed by atoms with E-state index in [2.05, 4.69) is 37.9 Å². The summed E-state index contributed by atoms with van der Waals surface area (Å²) >= 11 is 0. The first-order chi connectivity index (χ1) is 10.8. The molecule has 1 amide bonds. The third-order valence-electron chi connectivity index (χ3n) is 3.15. The number of aryl methyl sites for hydroxylation is 1. The number of nitriles is 1. The Morgan fingerprint density at radius 3 is 2.35 bits per heavy atom. The Labute approximate surface area is 139 Å². The van der Waals surface area contributed by atoms with Crippen LogP contribution in [0, 0.1) is 30.1 Å². The highest BCUT2D eigenvalue weighted by molar-refractivity contribution is 6.06. The lowest BCUT2D eigenvalue weighted by molar-refractivity contribution is -0.112. The number of rotatable bonds is 7. The van der Waals surface area contributed by atoms with Crippen LogP contribution in [0.4, 0.5) is 5.69 Å². The zero-order valence-electron chi connectivity index (χ0n) is 14.8. The monoisotopic (exact) mass is 313 g/mol. The van der Waals surface area contributed by atoms with Gasteiger partial charge in [0.2, 0.25) is 0 Å². The van der Waals surface area contributed by atoms with Crippen molar-refractivity contribution in [1.29, 1.82) is 5.26 Å². The second-order valence-corrected chi connectivity index (χ2v) is 6.72. The molecule has 0 aromatic heterocycles. The van der Waals surface area contributed by atoms with Crippen LogP contribution < -0.4 is 5.32 Å². The van der Waals surface area contributed by atoms with Crippen molar-refractivity contribution < 1.29 is 4.79 Å². The smallest absolute Gasteiger partial charge is 0.267 e. The lowest BCUT2D eigenvalue weighted by atomic mass is 10.1. The van der Waals surface area contributed by atoms with Gasteiger partial charge in [-0.25, -0.2) is 0 Å². The molecule has 0 heterocycles. The largest absolute Gasteiger partial charge is 0.376 e. The van der Waals surface area contributed by atoms with Gasteiger partial charge in [-0.15, -0.1) is 0 Å². The van der Waals surface area contributed by atoms with Crippen molar-refractivity contribution in [3.63, 3.8) is 0 Å². The fourth-order valence-electron chi connectivity index (χ4n) is 2.36. The minimum atomic E-state index is -0.365. The molecule has 4 heteroatoms. The molecule has 1 rings (SSSR count). The molecule has 1 aromatic rings. The number of nitrogens with zero attached hydrogens (tertiary/aromatic N) is 2. The zero-order chi connectivity index (χ0) is 17.4. The van der Waals surface area contributed by atoms with Crippen LogP contribution >= 0.6 is 0 Å². The number of nitrogens with one attached hydrogen (secondary N) is 1. The van der Waals surface area contributed by atoms with Crippen LogP contribution in [0.5, 0.6) is 0 Å². The molecule has 124 valence electrons. The molecule has 1 aromatic carbocycles. The highest BCUT2D eigenvalue weighted by atomic mass is 16.1. The molecule has 4 nitrogen and oxygen atoms in total. The number of anilines is 1. The van der Waals surface area contributed by atoms with Crippen LogP contribution in [0.15, 0.2) is 36.0 Å². The zero-order valence-corrected chi connectivity index (χ0v) is 14.8. The number of hydrogen-bond acceptors (Lipinski definition) is 3. The van der Waals surface area contributed by atoms with E-state index in [1.54, 1.807) is 6.20 Å². The Bertz CT molecular complexity index is 587. The highest BCUT2D eigenvalue weighted by Gasteiger charge is 2.13. The summed E-state index contributed by atoms with van der Waals surface area (Å²) in [5.41, 5.74) is 1.90. The quantitative estimate of drug-likeness (QED) is 0.612. The number of hydrogen-bond donors (Lipinski definition) is 1. The third-order valence-corrected chi connectivity index (χ3v) is 3.15. The molecule has 0 saturated heterocycles. The first kappa shape index (κ1) is 18.8. The Kier molecular flexibility index (Phi) is 7.34. The number of carbonyl (C=O) groups is 1. The van der Waals surface area contributed by atoms with Crippen LogP contribution in [0.2, 0.25) is 0 Å². The summed E-state index contributed by atoms with van der Waals surface area (Å²) in [7, 11) is 0. The van der Waals surface area contributed by atoms with Gasteiger partial charge in [-0.3, -0.25) is 4.79 Å². The summed E-state index contributed by atoms with van der Waals surface area (Å²) < 4.78 is 0. The lowest BCUT2D eigenvalue weighted by Gasteiger charge is -2.25. The predicted molar refractivity (Wildman–Crippen MR) is 94.8 cm³/mol. The van der Waals surface area contributed by atoms with Crippen molar-refractivity contribution >= 4 is 11.6 Å². The van der Waals surface area contributed by atoms with Gasteiger partial charge in [0.1, 0.15) is 11.6 Å². The molecule has 0 aliphatic carbocycles. The van der Waals surface area contributed by atoms with Gasteiger partial charge in [-0.2, -0.15) is 5.26 Å². The summed E-state index contributed by atoms with van der Waals surface area (Å²) in [4.78, 5) is 14.4. The van der Waals surface area contributed by atoms with Crippen LogP contribution in [0.25, 0.3) is 0 Å². The maximum atomic E-state index is 12.3. The van der Waals surface area contributed by atoms with E-state index in [0.29, 0.717) is 17.5 Å². The molecule has 23 heavy (non-hydrogen) atoms. The molecule has 0 fully saturated rings. The minimum absolute atomic E-state index is 0.132. The van der Waals surface area contributed by atoms with E-state index in [-0.39, 0.29) is 11.5 Å². The van der Waals surface area contributed by atoms with Gasteiger partial charge in [0, 0.05) is 25.0 Å². The van der Waals surface area contributed by atoms with Gasteiger partial charge in [-0.05, 0) is 36.5 Å². The minimum Gasteiger partial charge on any atom is -0.376 e. The van der Waals surface area contributed by atoms with Crippen molar-refractivity contribution in [2.24, 2.45) is 11.8 Å². The standard InChI is InChI=1S/C19H27N3O/c1-14(2)11-22(12-15(3)4)13-17(10-20)19(23)21-18-8-6-7-16(5)9-18/h6-9,13-15H,11-12H2,1-5H3,(H,21,23)/b17-13-. The lowest BCUT2D eigenvalue weighted by Crippen LogP contribution is -2.28.